The minimum absolute atomic E-state index is 0.0928. The van der Waals surface area contributed by atoms with Crippen molar-refractivity contribution in [2.24, 2.45) is 5.10 Å². The SMILES string of the molecule is Cc1cccc(OCCOc2ccc(C=NN3C(=O)CSC3=S)cc2)c1. The Kier molecular flexibility index (Phi) is 6.25. The van der Waals surface area contributed by atoms with Gasteiger partial charge >= 0.3 is 0 Å². The van der Waals surface area contributed by atoms with Gasteiger partial charge in [-0.2, -0.15) is 10.1 Å². The Balaban J connectivity index is 1.45. The lowest BCUT2D eigenvalue weighted by Gasteiger charge is -2.09. The summed E-state index contributed by atoms with van der Waals surface area (Å²) in [5.41, 5.74) is 2.02. The minimum Gasteiger partial charge on any atom is -0.490 e. The smallest absolute Gasteiger partial charge is 0.259 e. The molecule has 0 aromatic heterocycles. The van der Waals surface area contributed by atoms with E-state index in [2.05, 4.69) is 5.10 Å². The van der Waals surface area contributed by atoms with Crippen molar-refractivity contribution in [1.29, 1.82) is 0 Å². The normalized spacial score (nSPS) is 14.3. The van der Waals surface area contributed by atoms with Crippen molar-refractivity contribution in [2.75, 3.05) is 19.0 Å². The van der Waals surface area contributed by atoms with Crippen molar-refractivity contribution in [3.8, 4) is 11.5 Å². The zero-order chi connectivity index (χ0) is 18.4. The van der Waals surface area contributed by atoms with E-state index in [9.17, 15) is 4.79 Å². The molecular formula is C19H18N2O3S2. The van der Waals surface area contributed by atoms with Gasteiger partial charge < -0.3 is 9.47 Å². The zero-order valence-electron chi connectivity index (χ0n) is 14.3. The van der Waals surface area contributed by atoms with Gasteiger partial charge in [0.15, 0.2) is 4.32 Å². The molecule has 3 rings (SSSR count). The van der Waals surface area contributed by atoms with E-state index in [1.165, 1.54) is 16.8 Å². The van der Waals surface area contributed by atoms with Crippen LogP contribution in [0.25, 0.3) is 0 Å². The lowest BCUT2D eigenvalue weighted by Crippen LogP contribution is -2.22. The topological polar surface area (TPSA) is 51.1 Å². The molecule has 0 unspecified atom stereocenters. The standard InChI is InChI=1S/C19H18N2O3S2/c1-14-3-2-4-17(11-14)24-10-9-23-16-7-5-15(6-8-16)12-20-21-18(22)13-26-19(21)25/h2-8,11-12H,9-10,13H2,1H3. The number of benzene rings is 2. The van der Waals surface area contributed by atoms with Crippen molar-refractivity contribution in [1.82, 2.24) is 5.01 Å². The van der Waals surface area contributed by atoms with E-state index in [1.807, 2.05) is 55.5 Å². The Labute approximate surface area is 162 Å². The summed E-state index contributed by atoms with van der Waals surface area (Å²) in [4.78, 5) is 11.6. The molecule has 0 saturated carbocycles. The predicted octanol–water partition coefficient (Wildman–Crippen LogP) is 3.65. The van der Waals surface area contributed by atoms with Gasteiger partial charge in [-0.1, -0.05) is 36.1 Å². The number of carbonyl (C=O) groups is 1. The zero-order valence-corrected chi connectivity index (χ0v) is 15.9. The largest absolute Gasteiger partial charge is 0.490 e. The number of aryl methyl sites for hydroxylation is 1. The fourth-order valence-electron chi connectivity index (χ4n) is 2.26. The number of hydrogen-bond donors (Lipinski definition) is 0. The maximum absolute atomic E-state index is 11.6. The van der Waals surface area contributed by atoms with Crippen LogP contribution in [0.4, 0.5) is 0 Å². The highest BCUT2D eigenvalue weighted by molar-refractivity contribution is 8.23. The Morgan fingerprint density at radius 2 is 1.88 bits per heavy atom. The molecule has 2 aromatic carbocycles. The molecule has 0 N–H and O–H groups in total. The van der Waals surface area contributed by atoms with Crippen LogP contribution in [0.1, 0.15) is 11.1 Å². The van der Waals surface area contributed by atoms with Gasteiger partial charge in [-0.3, -0.25) is 4.79 Å². The maximum atomic E-state index is 11.6. The highest BCUT2D eigenvalue weighted by atomic mass is 32.2. The summed E-state index contributed by atoms with van der Waals surface area (Å²) in [6.07, 6.45) is 1.61. The van der Waals surface area contributed by atoms with Crippen LogP contribution in [0.2, 0.25) is 0 Å². The first-order chi connectivity index (χ1) is 12.6. The van der Waals surface area contributed by atoms with Gasteiger partial charge in [-0.25, -0.2) is 0 Å². The molecule has 1 aliphatic heterocycles. The third-order valence-electron chi connectivity index (χ3n) is 3.54. The first-order valence-electron chi connectivity index (χ1n) is 8.08. The van der Waals surface area contributed by atoms with Crippen molar-refractivity contribution in [3.63, 3.8) is 0 Å². The molecule has 0 atom stereocenters. The van der Waals surface area contributed by atoms with Gasteiger partial charge in [0.25, 0.3) is 5.91 Å². The lowest BCUT2D eigenvalue weighted by molar-refractivity contribution is -0.123. The summed E-state index contributed by atoms with van der Waals surface area (Å²) in [6, 6.07) is 15.4. The molecule has 1 fully saturated rings. The quantitative estimate of drug-likeness (QED) is 0.413. The van der Waals surface area contributed by atoms with Gasteiger partial charge in [-0.05, 0) is 54.4 Å². The maximum Gasteiger partial charge on any atom is 0.259 e. The van der Waals surface area contributed by atoms with Crippen LogP contribution in [-0.2, 0) is 4.79 Å². The molecule has 1 amide bonds. The summed E-state index contributed by atoms with van der Waals surface area (Å²) < 4.78 is 11.8. The summed E-state index contributed by atoms with van der Waals surface area (Å²) in [6.45, 7) is 2.95. The van der Waals surface area contributed by atoms with Crippen molar-refractivity contribution < 1.29 is 14.3 Å². The number of thiocarbonyl (C=S) groups is 1. The molecule has 0 radical (unpaired) electrons. The predicted molar refractivity (Wildman–Crippen MR) is 108 cm³/mol. The van der Waals surface area contributed by atoms with Crippen LogP contribution in [0.15, 0.2) is 53.6 Å². The number of thioether (sulfide) groups is 1. The molecule has 134 valence electrons. The third-order valence-corrected chi connectivity index (χ3v) is 4.88. The number of rotatable bonds is 7. The summed E-state index contributed by atoms with van der Waals surface area (Å²) in [5, 5.41) is 5.39. The van der Waals surface area contributed by atoms with Gasteiger partial charge in [0, 0.05) is 0 Å². The molecular weight excluding hydrogens is 368 g/mol. The average Bonchev–Trinajstić information content (AvgIpc) is 2.96. The van der Waals surface area contributed by atoms with Crippen LogP contribution in [0.3, 0.4) is 0 Å². The number of hydrogen-bond acceptors (Lipinski definition) is 6. The minimum atomic E-state index is -0.0928. The third kappa shape index (κ3) is 5.06. The molecule has 7 heteroatoms. The fraction of sp³-hybridized carbons (Fsp3) is 0.211. The van der Waals surface area contributed by atoms with E-state index in [1.54, 1.807) is 6.21 Å². The average molecular weight is 386 g/mol. The van der Waals surface area contributed by atoms with Crippen LogP contribution in [0, 0.1) is 6.92 Å². The lowest BCUT2D eigenvalue weighted by atomic mass is 10.2. The van der Waals surface area contributed by atoms with Crippen LogP contribution in [0.5, 0.6) is 11.5 Å². The van der Waals surface area contributed by atoms with Gasteiger partial charge in [0.2, 0.25) is 0 Å². The molecule has 1 saturated heterocycles. The van der Waals surface area contributed by atoms with Crippen molar-refractivity contribution >= 4 is 40.4 Å². The fourth-order valence-corrected chi connectivity index (χ4v) is 3.22. The molecule has 1 aliphatic rings. The second-order valence-electron chi connectivity index (χ2n) is 5.59. The highest BCUT2D eigenvalue weighted by Gasteiger charge is 2.25. The molecule has 26 heavy (non-hydrogen) atoms. The number of hydrazone groups is 1. The Morgan fingerprint density at radius 1 is 1.15 bits per heavy atom. The number of carbonyl (C=O) groups excluding carboxylic acids is 1. The molecule has 1 heterocycles. The molecule has 0 aliphatic carbocycles. The van der Waals surface area contributed by atoms with Gasteiger partial charge in [0.1, 0.15) is 24.7 Å². The molecule has 0 spiro atoms. The van der Waals surface area contributed by atoms with E-state index in [0.717, 1.165) is 22.6 Å². The Bertz CT molecular complexity index is 806. The highest BCUT2D eigenvalue weighted by Crippen LogP contribution is 2.19. The van der Waals surface area contributed by atoms with Crippen LogP contribution in [-0.4, -0.2) is 40.4 Å². The van der Waals surface area contributed by atoms with Crippen LogP contribution >= 0.6 is 24.0 Å². The number of nitrogens with zero attached hydrogens (tertiary/aromatic N) is 2. The second kappa shape index (κ2) is 8.82. The first kappa shape index (κ1) is 18.4. The van der Waals surface area contributed by atoms with E-state index in [-0.39, 0.29) is 5.91 Å². The first-order valence-corrected chi connectivity index (χ1v) is 9.47. The monoisotopic (exact) mass is 386 g/mol. The summed E-state index contributed by atoms with van der Waals surface area (Å²) in [7, 11) is 0. The summed E-state index contributed by atoms with van der Waals surface area (Å²) in [5.74, 6) is 1.85. The van der Waals surface area contributed by atoms with Crippen molar-refractivity contribution in [2.45, 2.75) is 6.92 Å². The Morgan fingerprint density at radius 3 is 2.54 bits per heavy atom. The van der Waals surface area contributed by atoms with E-state index in [4.69, 9.17) is 21.7 Å². The van der Waals surface area contributed by atoms with E-state index in [0.29, 0.717) is 23.3 Å². The van der Waals surface area contributed by atoms with E-state index < -0.39 is 0 Å². The number of amides is 1. The number of ether oxygens (including phenoxy) is 2. The van der Waals surface area contributed by atoms with Crippen LogP contribution < -0.4 is 9.47 Å². The van der Waals surface area contributed by atoms with E-state index >= 15 is 0 Å². The van der Waals surface area contributed by atoms with Crippen molar-refractivity contribution in [3.05, 3.63) is 59.7 Å². The summed E-state index contributed by atoms with van der Waals surface area (Å²) >= 11 is 6.40. The van der Waals surface area contributed by atoms with Gasteiger partial charge in [-0.15, -0.1) is 0 Å². The molecule has 5 nitrogen and oxygen atoms in total. The Hall–Kier alpha value is -2.38. The molecule has 0 bridgehead atoms. The van der Waals surface area contributed by atoms with Gasteiger partial charge in [0.05, 0.1) is 12.0 Å². The second-order valence-corrected chi connectivity index (χ2v) is 7.20. The molecule has 2 aromatic rings.